The number of aryl methyl sites for hydroxylation is 1. The normalized spacial score (nSPS) is 10.3. The minimum Gasteiger partial charge on any atom is -0.481 e. The van der Waals surface area contributed by atoms with Crippen molar-refractivity contribution in [1.82, 2.24) is 5.16 Å². The highest BCUT2D eigenvalue weighted by Gasteiger charge is 2.16. The smallest absolute Gasteiger partial charge is 0.308 e. The molecular formula is C12H11NO3. The Morgan fingerprint density at radius 2 is 2.06 bits per heavy atom. The van der Waals surface area contributed by atoms with Crippen molar-refractivity contribution in [2.24, 2.45) is 0 Å². The number of aliphatic carboxylic acids is 1. The largest absolute Gasteiger partial charge is 0.481 e. The van der Waals surface area contributed by atoms with E-state index >= 15 is 0 Å². The molecule has 0 amide bonds. The zero-order chi connectivity index (χ0) is 11.5. The van der Waals surface area contributed by atoms with Crippen LogP contribution in [0.5, 0.6) is 0 Å². The van der Waals surface area contributed by atoms with E-state index < -0.39 is 5.97 Å². The quantitative estimate of drug-likeness (QED) is 0.856. The van der Waals surface area contributed by atoms with Gasteiger partial charge in [0, 0.05) is 11.1 Å². The second-order valence-electron chi connectivity index (χ2n) is 3.50. The Hall–Kier alpha value is -2.10. The van der Waals surface area contributed by atoms with Crippen LogP contribution in [0.4, 0.5) is 0 Å². The van der Waals surface area contributed by atoms with Crippen molar-refractivity contribution in [3.8, 4) is 11.3 Å². The van der Waals surface area contributed by atoms with Gasteiger partial charge in [-0.15, -0.1) is 0 Å². The van der Waals surface area contributed by atoms with Crippen molar-refractivity contribution in [2.45, 2.75) is 13.3 Å². The average Bonchev–Trinajstić information content (AvgIpc) is 2.61. The van der Waals surface area contributed by atoms with Gasteiger partial charge in [-0.3, -0.25) is 4.79 Å². The first kappa shape index (κ1) is 10.4. The average molecular weight is 217 g/mol. The van der Waals surface area contributed by atoms with Crippen molar-refractivity contribution in [2.75, 3.05) is 0 Å². The van der Waals surface area contributed by atoms with Gasteiger partial charge >= 0.3 is 5.97 Å². The van der Waals surface area contributed by atoms with Crippen LogP contribution in [0.2, 0.25) is 0 Å². The van der Waals surface area contributed by atoms with E-state index in [9.17, 15) is 4.79 Å². The van der Waals surface area contributed by atoms with Crippen molar-refractivity contribution in [3.63, 3.8) is 0 Å². The summed E-state index contributed by atoms with van der Waals surface area (Å²) in [5.41, 5.74) is 2.12. The first-order chi connectivity index (χ1) is 7.68. The number of rotatable bonds is 3. The van der Waals surface area contributed by atoms with E-state index in [1.165, 1.54) is 0 Å². The second-order valence-corrected chi connectivity index (χ2v) is 3.50. The summed E-state index contributed by atoms with van der Waals surface area (Å²) < 4.78 is 5.04. The molecule has 0 atom stereocenters. The van der Waals surface area contributed by atoms with Gasteiger partial charge in [-0.1, -0.05) is 35.5 Å². The van der Waals surface area contributed by atoms with E-state index in [1.54, 1.807) is 6.92 Å². The van der Waals surface area contributed by atoms with E-state index in [0.717, 1.165) is 5.56 Å². The molecule has 0 unspecified atom stereocenters. The topological polar surface area (TPSA) is 63.3 Å². The fraction of sp³-hybridized carbons (Fsp3) is 0.167. The minimum absolute atomic E-state index is 0.0699. The highest BCUT2D eigenvalue weighted by atomic mass is 16.5. The van der Waals surface area contributed by atoms with E-state index in [4.69, 9.17) is 9.63 Å². The molecule has 1 aromatic heterocycles. The van der Waals surface area contributed by atoms with Gasteiger partial charge in [0.25, 0.3) is 0 Å². The number of nitrogens with zero attached hydrogens (tertiary/aromatic N) is 1. The third-order valence-corrected chi connectivity index (χ3v) is 2.36. The van der Waals surface area contributed by atoms with Crippen LogP contribution in [0.15, 0.2) is 34.9 Å². The van der Waals surface area contributed by atoms with Gasteiger partial charge < -0.3 is 9.63 Å². The van der Waals surface area contributed by atoms with Gasteiger partial charge in [-0.2, -0.15) is 0 Å². The van der Waals surface area contributed by atoms with Crippen LogP contribution in [0.1, 0.15) is 11.3 Å². The Labute approximate surface area is 92.5 Å². The second kappa shape index (κ2) is 4.18. The number of carbonyl (C=O) groups is 1. The van der Waals surface area contributed by atoms with Crippen LogP contribution >= 0.6 is 0 Å². The third-order valence-electron chi connectivity index (χ3n) is 2.36. The highest BCUT2D eigenvalue weighted by molar-refractivity contribution is 5.75. The third kappa shape index (κ3) is 1.95. The summed E-state index contributed by atoms with van der Waals surface area (Å²) in [4.78, 5) is 10.7. The lowest BCUT2D eigenvalue weighted by Gasteiger charge is -1.99. The molecule has 0 fully saturated rings. The predicted molar refractivity (Wildman–Crippen MR) is 58.0 cm³/mol. The van der Waals surface area contributed by atoms with Gasteiger partial charge in [0.05, 0.1) is 6.42 Å². The van der Waals surface area contributed by atoms with E-state index in [1.807, 2.05) is 30.3 Å². The Bertz CT molecular complexity index is 502. The molecule has 0 saturated heterocycles. The fourth-order valence-electron chi connectivity index (χ4n) is 1.57. The summed E-state index contributed by atoms with van der Waals surface area (Å²) in [5, 5.41) is 12.7. The van der Waals surface area contributed by atoms with E-state index in [2.05, 4.69) is 5.16 Å². The van der Waals surface area contributed by atoms with Gasteiger partial charge in [-0.25, -0.2) is 0 Å². The molecule has 0 radical (unpaired) electrons. The van der Waals surface area contributed by atoms with Gasteiger partial charge in [-0.05, 0) is 6.92 Å². The van der Waals surface area contributed by atoms with Gasteiger partial charge in [0.15, 0.2) is 0 Å². The fourth-order valence-corrected chi connectivity index (χ4v) is 1.57. The molecule has 0 aliphatic rings. The predicted octanol–water partition coefficient (Wildman–Crippen LogP) is 2.28. The minimum atomic E-state index is -0.886. The molecule has 4 nitrogen and oxygen atoms in total. The summed E-state index contributed by atoms with van der Waals surface area (Å²) in [7, 11) is 0. The molecule has 0 aliphatic heterocycles. The zero-order valence-corrected chi connectivity index (χ0v) is 8.80. The number of hydrogen-bond acceptors (Lipinski definition) is 3. The Kier molecular flexibility index (Phi) is 2.72. The van der Waals surface area contributed by atoms with Crippen LogP contribution in [-0.4, -0.2) is 16.2 Å². The summed E-state index contributed by atoms with van der Waals surface area (Å²) in [6.45, 7) is 1.72. The van der Waals surface area contributed by atoms with Crippen molar-refractivity contribution in [3.05, 3.63) is 41.7 Å². The SMILES string of the molecule is Cc1onc(-c2ccccc2)c1CC(=O)O. The maximum atomic E-state index is 10.7. The molecule has 1 aromatic carbocycles. The van der Waals surface area contributed by atoms with Crippen molar-refractivity contribution in [1.29, 1.82) is 0 Å². The maximum Gasteiger partial charge on any atom is 0.308 e. The van der Waals surface area contributed by atoms with Crippen LogP contribution in [-0.2, 0) is 11.2 Å². The molecule has 82 valence electrons. The maximum absolute atomic E-state index is 10.7. The molecule has 4 heteroatoms. The first-order valence-electron chi connectivity index (χ1n) is 4.91. The highest BCUT2D eigenvalue weighted by Crippen LogP contribution is 2.25. The zero-order valence-electron chi connectivity index (χ0n) is 8.80. The van der Waals surface area contributed by atoms with Gasteiger partial charge in [0.2, 0.25) is 0 Å². The molecule has 0 spiro atoms. The molecule has 0 saturated carbocycles. The van der Waals surface area contributed by atoms with Crippen LogP contribution < -0.4 is 0 Å². The monoisotopic (exact) mass is 217 g/mol. The number of aromatic nitrogens is 1. The van der Waals surface area contributed by atoms with Crippen molar-refractivity contribution >= 4 is 5.97 Å². The molecule has 16 heavy (non-hydrogen) atoms. The lowest BCUT2D eigenvalue weighted by molar-refractivity contribution is -0.136. The molecule has 2 rings (SSSR count). The Morgan fingerprint density at radius 1 is 1.38 bits per heavy atom. The molecule has 0 aliphatic carbocycles. The number of carboxylic acid groups (broad SMARTS) is 1. The summed E-state index contributed by atoms with van der Waals surface area (Å²) in [6, 6.07) is 9.41. The summed E-state index contributed by atoms with van der Waals surface area (Å²) >= 11 is 0. The molecule has 1 N–H and O–H groups in total. The summed E-state index contributed by atoms with van der Waals surface area (Å²) in [6.07, 6.45) is -0.0699. The standard InChI is InChI=1S/C12H11NO3/c1-8-10(7-11(14)15)12(13-16-8)9-5-3-2-4-6-9/h2-6H,7H2,1H3,(H,14,15). The molecule has 1 heterocycles. The summed E-state index contributed by atoms with van der Waals surface area (Å²) in [5.74, 6) is -0.329. The van der Waals surface area contributed by atoms with Crippen LogP contribution in [0, 0.1) is 6.92 Å². The number of carboxylic acids is 1. The van der Waals surface area contributed by atoms with Crippen LogP contribution in [0.3, 0.4) is 0 Å². The van der Waals surface area contributed by atoms with E-state index in [-0.39, 0.29) is 6.42 Å². The van der Waals surface area contributed by atoms with Crippen molar-refractivity contribution < 1.29 is 14.4 Å². The first-order valence-corrected chi connectivity index (χ1v) is 4.91. The number of hydrogen-bond donors (Lipinski definition) is 1. The molecule has 2 aromatic rings. The van der Waals surface area contributed by atoms with Crippen LogP contribution in [0.25, 0.3) is 11.3 Å². The lowest BCUT2D eigenvalue weighted by Crippen LogP contribution is -2.01. The molecule has 0 bridgehead atoms. The van der Waals surface area contributed by atoms with E-state index in [0.29, 0.717) is 17.0 Å². The Balaban J connectivity index is 2.46. The van der Waals surface area contributed by atoms with Gasteiger partial charge in [0.1, 0.15) is 11.5 Å². The Morgan fingerprint density at radius 3 is 2.69 bits per heavy atom. The lowest BCUT2D eigenvalue weighted by atomic mass is 10.0. The number of benzene rings is 1. The molecular weight excluding hydrogens is 206 g/mol.